The van der Waals surface area contributed by atoms with Crippen molar-refractivity contribution in [3.05, 3.63) is 93.5 Å². The second-order valence-corrected chi connectivity index (χ2v) is 11.1. The van der Waals surface area contributed by atoms with Gasteiger partial charge in [-0.1, -0.05) is 59.1 Å². The molecule has 3 aromatic carbocycles. The van der Waals surface area contributed by atoms with Gasteiger partial charge in [-0.15, -0.1) is 0 Å². The van der Waals surface area contributed by atoms with Crippen LogP contribution in [-0.4, -0.2) is 50.5 Å². The minimum Gasteiger partial charge on any atom is -0.491 e. The Morgan fingerprint density at radius 2 is 1.63 bits per heavy atom. The van der Waals surface area contributed by atoms with Gasteiger partial charge in [0, 0.05) is 25.3 Å². The van der Waals surface area contributed by atoms with Gasteiger partial charge in [0.1, 0.15) is 18.5 Å². The lowest BCUT2D eigenvalue weighted by Crippen LogP contribution is -2.36. The number of sulfonamides is 1. The highest BCUT2D eigenvalue weighted by Gasteiger charge is 2.14. The Kier molecular flexibility index (Phi) is 9.83. The van der Waals surface area contributed by atoms with Crippen LogP contribution in [0.2, 0.25) is 10.0 Å². The molecule has 0 spiro atoms. The molecule has 3 rings (SSSR count). The normalized spacial score (nSPS) is 12.5. The highest BCUT2D eigenvalue weighted by molar-refractivity contribution is 7.92. The summed E-state index contributed by atoms with van der Waals surface area (Å²) in [5.41, 5.74) is 3.88. The summed E-state index contributed by atoms with van der Waals surface area (Å²) in [6, 6.07) is 20.5. The summed E-state index contributed by atoms with van der Waals surface area (Å²) in [6.07, 6.45) is 1.13. The van der Waals surface area contributed by atoms with E-state index in [0.717, 1.165) is 30.3 Å². The molecule has 0 unspecified atom stereocenters. The minimum absolute atomic E-state index is 0.107. The van der Waals surface area contributed by atoms with Crippen LogP contribution in [0.3, 0.4) is 0 Å². The highest BCUT2D eigenvalue weighted by Crippen LogP contribution is 2.23. The summed E-state index contributed by atoms with van der Waals surface area (Å²) in [4.78, 5) is 2.18. The van der Waals surface area contributed by atoms with Gasteiger partial charge in [0.2, 0.25) is 10.0 Å². The first-order valence-electron chi connectivity index (χ1n) is 11.2. The van der Waals surface area contributed by atoms with Gasteiger partial charge in [-0.25, -0.2) is 8.42 Å². The molecule has 0 amide bonds. The number of aliphatic hydroxyl groups excluding tert-OH is 1. The van der Waals surface area contributed by atoms with E-state index in [9.17, 15) is 13.5 Å². The third kappa shape index (κ3) is 9.70. The summed E-state index contributed by atoms with van der Waals surface area (Å²) < 4.78 is 30.8. The molecule has 6 nitrogen and oxygen atoms in total. The molecule has 0 aliphatic carbocycles. The highest BCUT2D eigenvalue weighted by atomic mass is 35.5. The molecule has 1 atom stereocenters. The van der Waals surface area contributed by atoms with Gasteiger partial charge in [-0.3, -0.25) is 9.62 Å². The lowest BCUT2D eigenvalue weighted by molar-refractivity contribution is 0.0659. The standard InChI is InChI=1S/C26H30Cl2N2O4S/c1-19-3-5-21(6-4-19)16-30(14-13-20-7-12-25(27)26(28)15-20)17-23(31)18-34-24-10-8-22(9-11-24)29-35(2,32)33/h3-12,15,23,29,31H,13-14,16-18H2,1-2H3/t23-/m0/s1. The summed E-state index contributed by atoms with van der Waals surface area (Å²) in [7, 11) is -3.34. The van der Waals surface area contributed by atoms with E-state index < -0.39 is 16.1 Å². The Morgan fingerprint density at radius 1 is 0.971 bits per heavy atom. The first-order chi connectivity index (χ1) is 16.6. The molecule has 0 saturated carbocycles. The van der Waals surface area contributed by atoms with Crippen molar-refractivity contribution in [1.82, 2.24) is 4.90 Å². The average Bonchev–Trinajstić information content (AvgIpc) is 2.79. The molecule has 0 aliphatic heterocycles. The van der Waals surface area contributed by atoms with Gasteiger partial charge >= 0.3 is 0 Å². The summed E-state index contributed by atoms with van der Waals surface area (Å²) in [5.74, 6) is 0.545. The van der Waals surface area contributed by atoms with Gasteiger partial charge in [-0.05, 0) is 60.9 Å². The molecule has 3 aromatic rings. The summed E-state index contributed by atoms with van der Waals surface area (Å²) in [6.45, 7) is 3.98. The van der Waals surface area contributed by atoms with Crippen molar-refractivity contribution >= 4 is 38.9 Å². The van der Waals surface area contributed by atoms with Crippen molar-refractivity contribution in [2.24, 2.45) is 0 Å². The van der Waals surface area contributed by atoms with E-state index in [1.165, 1.54) is 5.56 Å². The fraction of sp³-hybridized carbons (Fsp3) is 0.308. The van der Waals surface area contributed by atoms with Crippen LogP contribution in [-0.2, 0) is 23.0 Å². The van der Waals surface area contributed by atoms with E-state index in [2.05, 4.69) is 40.8 Å². The monoisotopic (exact) mass is 536 g/mol. The molecule has 0 radical (unpaired) electrons. The van der Waals surface area contributed by atoms with Crippen LogP contribution in [0.1, 0.15) is 16.7 Å². The Hall–Kier alpha value is -2.29. The first-order valence-corrected chi connectivity index (χ1v) is 13.8. The molecule has 9 heteroatoms. The zero-order valence-electron chi connectivity index (χ0n) is 19.7. The lowest BCUT2D eigenvalue weighted by atomic mass is 10.1. The minimum atomic E-state index is -3.34. The maximum Gasteiger partial charge on any atom is 0.229 e. The van der Waals surface area contributed by atoms with Crippen molar-refractivity contribution in [2.75, 3.05) is 30.7 Å². The van der Waals surface area contributed by atoms with Crippen molar-refractivity contribution in [1.29, 1.82) is 0 Å². The predicted molar refractivity (Wildman–Crippen MR) is 143 cm³/mol. The number of aliphatic hydroxyl groups is 1. The van der Waals surface area contributed by atoms with Crippen molar-refractivity contribution in [3.63, 3.8) is 0 Å². The lowest BCUT2D eigenvalue weighted by Gasteiger charge is -2.25. The Morgan fingerprint density at radius 3 is 2.26 bits per heavy atom. The molecule has 0 fully saturated rings. The fourth-order valence-corrected chi connectivity index (χ4v) is 4.43. The third-order valence-corrected chi connectivity index (χ3v) is 6.64. The number of nitrogens with one attached hydrogen (secondary N) is 1. The first kappa shape index (κ1) is 27.3. The van der Waals surface area contributed by atoms with Gasteiger partial charge < -0.3 is 9.84 Å². The number of rotatable bonds is 12. The number of hydrogen-bond donors (Lipinski definition) is 2. The summed E-state index contributed by atoms with van der Waals surface area (Å²) in [5, 5.41) is 11.7. The second kappa shape index (κ2) is 12.6. The zero-order valence-corrected chi connectivity index (χ0v) is 22.1. The number of halogens is 2. The molecule has 0 aliphatic rings. The number of benzene rings is 3. The molecule has 35 heavy (non-hydrogen) atoms. The SMILES string of the molecule is Cc1ccc(CN(CCc2ccc(Cl)c(Cl)c2)C[C@H](O)COc2ccc(NS(C)(=O)=O)cc2)cc1. The molecular weight excluding hydrogens is 507 g/mol. The van der Waals surface area contributed by atoms with Crippen LogP contribution >= 0.6 is 23.2 Å². The Bertz CT molecular complexity index is 1200. The van der Waals surface area contributed by atoms with E-state index in [-0.39, 0.29) is 6.61 Å². The number of hydrogen-bond acceptors (Lipinski definition) is 5. The van der Waals surface area contributed by atoms with E-state index in [1.54, 1.807) is 30.3 Å². The van der Waals surface area contributed by atoms with Crippen molar-refractivity contribution in [3.8, 4) is 5.75 Å². The van der Waals surface area contributed by atoms with Gasteiger partial charge in [0.15, 0.2) is 0 Å². The van der Waals surface area contributed by atoms with Crippen molar-refractivity contribution in [2.45, 2.75) is 26.0 Å². The molecule has 0 bridgehead atoms. The van der Waals surface area contributed by atoms with Gasteiger partial charge in [0.25, 0.3) is 0 Å². The number of ether oxygens (including phenoxy) is 1. The molecule has 188 valence electrons. The maximum atomic E-state index is 11.3. The van der Waals surface area contributed by atoms with Crippen molar-refractivity contribution < 1.29 is 18.3 Å². The Balaban J connectivity index is 1.59. The molecule has 0 saturated heterocycles. The quantitative estimate of drug-likeness (QED) is 0.334. The summed E-state index contributed by atoms with van der Waals surface area (Å²) >= 11 is 12.2. The molecule has 0 aromatic heterocycles. The molecule has 0 heterocycles. The molecular formula is C26H30Cl2N2O4S. The number of aryl methyl sites for hydroxylation is 1. The Labute approximate surface area is 217 Å². The van der Waals surface area contributed by atoms with Crippen LogP contribution in [0.5, 0.6) is 5.75 Å². The molecule has 2 N–H and O–H groups in total. The largest absolute Gasteiger partial charge is 0.491 e. The number of anilines is 1. The van der Waals surface area contributed by atoms with Crippen LogP contribution in [0.4, 0.5) is 5.69 Å². The zero-order chi connectivity index (χ0) is 25.4. The van der Waals surface area contributed by atoms with Crippen LogP contribution < -0.4 is 9.46 Å². The van der Waals surface area contributed by atoms with E-state index in [4.69, 9.17) is 27.9 Å². The van der Waals surface area contributed by atoms with Crippen LogP contribution in [0.25, 0.3) is 0 Å². The van der Waals surface area contributed by atoms with Crippen LogP contribution in [0, 0.1) is 6.92 Å². The van der Waals surface area contributed by atoms with Gasteiger partial charge in [0.05, 0.1) is 16.3 Å². The average molecular weight is 538 g/mol. The smallest absolute Gasteiger partial charge is 0.229 e. The number of nitrogens with zero attached hydrogens (tertiary/aromatic N) is 1. The third-order valence-electron chi connectivity index (χ3n) is 5.30. The topological polar surface area (TPSA) is 78.9 Å². The predicted octanol–water partition coefficient (Wildman–Crippen LogP) is 5.16. The van der Waals surface area contributed by atoms with Crippen LogP contribution in [0.15, 0.2) is 66.7 Å². The van der Waals surface area contributed by atoms with Gasteiger partial charge in [-0.2, -0.15) is 0 Å². The fourth-order valence-electron chi connectivity index (χ4n) is 3.55. The van der Waals surface area contributed by atoms with E-state index >= 15 is 0 Å². The maximum absolute atomic E-state index is 11.3. The van der Waals surface area contributed by atoms with E-state index in [0.29, 0.717) is 34.6 Å². The van der Waals surface area contributed by atoms with E-state index in [1.807, 2.05) is 12.1 Å². The second-order valence-electron chi connectivity index (χ2n) is 8.58.